The minimum atomic E-state index is 0.750. The zero-order valence-electron chi connectivity index (χ0n) is 9.89. The van der Waals surface area contributed by atoms with Crippen molar-refractivity contribution in [3.8, 4) is 0 Å². The first-order valence-corrected chi connectivity index (χ1v) is 5.49. The second-order valence-corrected chi connectivity index (χ2v) is 3.90. The Bertz CT molecular complexity index is 468. The Morgan fingerprint density at radius 3 is 2.69 bits per heavy atom. The normalized spacial score (nSPS) is 10.7. The van der Waals surface area contributed by atoms with Gasteiger partial charge in [0.2, 0.25) is 0 Å². The maximum Gasteiger partial charge on any atom is 0.151 e. The number of aromatic nitrogens is 4. The maximum absolute atomic E-state index is 4.25. The molecule has 0 aliphatic rings. The third kappa shape index (κ3) is 1.93. The molecule has 5 nitrogen and oxygen atoms in total. The van der Waals surface area contributed by atoms with Gasteiger partial charge in [-0.2, -0.15) is 10.2 Å². The third-order valence-electron chi connectivity index (χ3n) is 2.81. The fraction of sp³-hybridized carbons (Fsp3) is 0.455. The van der Waals surface area contributed by atoms with Crippen molar-refractivity contribution in [1.82, 2.24) is 20.4 Å². The SMILES string of the molecule is CCc1c(NCc2cn[nH]c2C)n[nH]c1C. The van der Waals surface area contributed by atoms with Gasteiger partial charge in [0.15, 0.2) is 5.82 Å². The Hall–Kier alpha value is -1.78. The molecule has 0 bridgehead atoms. The van der Waals surface area contributed by atoms with E-state index in [1.807, 2.05) is 20.0 Å². The highest BCUT2D eigenvalue weighted by Crippen LogP contribution is 2.17. The van der Waals surface area contributed by atoms with Crippen molar-refractivity contribution in [1.29, 1.82) is 0 Å². The molecular weight excluding hydrogens is 202 g/mol. The first-order valence-electron chi connectivity index (χ1n) is 5.49. The topological polar surface area (TPSA) is 69.4 Å². The smallest absolute Gasteiger partial charge is 0.151 e. The maximum atomic E-state index is 4.25. The van der Waals surface area contributed by atoms with Crippen LogP contribution in [0.5, 0.6) is 0 Å². The number of aromatic amines is 2. The molecule has 2 aromatic rings. The molecule has 0 aromatic carbocycles. The summed E-state index contributed by atoms with van der Waals surface area (Å²) in [6.45, 7) is 6.94. The first-order chi connectivity index (χ1) is 7.72. The minimum absolute atomic E-state index is 0.750. The molecule has 86 valence electrons. The number of hydrogen-bond acceptors (Lipinski definition) is 3. The van der Waals surface area contributed by atoms with E-state index in [0.717, 1.165) is 30.2 Å². The van der Waals surface area contributed by atoms with E-state index in [1.54, 1.807) is 0 Å². The number of nitrogens with zero attached hydrogens (tertiary/aromatic N) is 2. The molecule has 0 radical (unpaired) electrons. The van der Waals surface area contributed by atoms with Crippen LogP contribution in [0.1, 0.15) is 29.4 Å². The van der Waals surface area contributed by atoms with Crippen LogP contribution < -0.4 is 5.32 Å². The monoisotopic (exact) mass is 219 g/mol. The zero-order valence-corrected chi connectivity index (χ0v) is 9.89. The van der Waals surface area contributed by atoms with Gasteiger partial charge in [0, 0.05) is 29.1 Å². The van der Waals surface area contributed by atoms with E-state index in [2.05, 4.69) is 32.6 Å². The van der Waals surface area contributed by atoms with Gasteiger partial charge in [-0.3, -0.25) is 10.2 Å². The summed E-state index contributed by atoms with van der Waals surface area (Å²) in [5.41, 5.74) is 4.65. The predicted molar refractivity (Wildman–Crippen MR) is 63.4 cm³/mol. The lowest BCUT2D eigenvalue weighted by molar-refractivity contribution is 1.02. The molecule has 0 unspecified atom stereocenters. The fourth-order valence-electron chi connectivity index (χ4n) is 1.76. The average molecular weight is 219 g/mol. The third-order valence-corrected chi connectivity index (χ3v) is 2.81. The summed E-state index contributed by atoms with van der Waals surface area (Å²) in [4.78, 5) is 0. The summed E-state index contributed by atoms with van der Waals surface area (Å²) in [5, 5.41) is 17.5. The van der Waals surface area contributed by atoms with Crippen LogP contribution in [0.3, 0.4) is 0 Å². The number of nitrogens with one attached hydrogen (secondary N) is 3. The van der Waals surface area contributed by atoms with Gasteiger partial charge in [0.1, 0.15) is 0 Å². The fourth-order valence-corrected chi connectivity index (χ4v) is 1.76. The van der Waals surface area contributed by atoms with Gasteiger partial charge < -0.3 is 5.32 Å². The highest BCUT2D eigenvalue weighted by molar-refractivity contribution is 5.46. The van der Waals surface area contributed by atoms with E-state index >= 15 is 0 Å². The van der Waals surface area contributed by atoms with Gasteiger partial charge in [-0.25, -0.2) is 0 Å². The van der Waals surface area contributed by atoms with Crippen LogP contribution in [-0.4, -0.2) is 20.4 Å². The van der Waals surface area contributed by atoms with E-state index in [1.165, 1.54) is 11.1 Å². The van der Waals surface area contributed by atoms with Crippen LogP contribution >= 0.6 is 0 Å². The predicted octanol–water partition coefficient (Wildman–Crippen LogP) is 1.92. The summed E-state index contributed by atoms with van der Waals surface area (Å²) in [7, 11) is 0. The second kappa shape index (κ2) is 4.38. The van der Waals surface area contributed by atoms with Crippen molar-refractivity contribution in [2.75, 3.05) is 5.32 Å². The van der Waals surface area contributed by atoms with Gasteiger partial charge in [-0.15, -0.1) is 0 Å². The van der Waals surface area contributed by atoms with Crippen molar-refractivity contribution < 1.29 is 0 Å². The van der Waals surface area contributed by atoms with E-state index in [0.29, 0.717) is 0 Å². The van der Waals surface area contributed by atoms with E-state index < -0.39 is 0 Å². The van der Waals surface area contributed by atoms with Crippen molar-refractivity contribution in [2.45, 2.75) is 33.7 Å². The summed E-state index contributed by atoms with van der Waals surface area (Å²) in [6.07, 6.45) is 2.82. The van der Waals surface area contributed by atoms with Gasteiger partial charge in [-0.1, -0.05) is 6.92 Å². The summed E-state index contributed by atoms with van der Waals surface area (Å²) in [6, 6.07) is 0. The molecule has 16 heavy (non-hydrogen) atoms. The van der Waals surface area contributed by atoms with Crippen molar-refractivity contribution in [3.63, 3.8) is 0 Å². The molecule has 2 aromatic heterocycles. The number of aryl methyl sites for hydroxylation is 2. The van der Waals surface area contributed by atoms with Crippen molar-refractivity contribution >= 4 is 5.82 Å². The molecule has 0 saturated heterocycles. The molecule has 0 aliphatic heterocycles. The molecule has 0 amide bonds. The van der Waals surface area contributed by atoms with Gasteiger partial charge >= 0.3 is 0 Å². The largest absolute Gasteiger partial charge is 0.364 e. The minimum Gasteiger partial charge on any atom is -0.364 e. The van der Waals surface area contributed by atoms with Crippen LogP contribution in [0.15, 0.2) is 6.20 Å². The van der Waals surface area contributed by atoms with Gasteiger partial charge in [0.25, 0.3) is 0 Å². The molecular formula is C11H17N5. The summed E-state index contributed by atoms with van der Waals surface area (Å²) < 4.78 is 0. The van der Waals surface area contributed by atoms with Gasteiger partial charge in [-0.05, 0) is 20.3 Å². The second-order valence-electron chi connectivity index (χ2n) is 3.90. The molecule has 3 N–H and O–H groups in total. The molecule has 5 heteroatoms. The van der Waals surface area contributed by atoms with E-state index in [-0.39, 0.29) is 0 Å². The van der Waals surface area contributed by atoms with Crippen LogP contribution in [0, 0.1) is 13.8 Å². The molecule has 0 saturated carbocycles. The Labute approximate surface area is 94.7 Å². The van der Waals surface area contributed by atoms with E-state index in [9.17, 15) is 0 Å². The lowest BCUT2D eigenvalue weighted by Crippen LogP contribution is -2.02. The van der Waals surface area contributed by atoms with Crippen LogP contribution in [0.4, 0.5) is 5.82 Å². The van der Waals surface area contributed by atoms with Crippen LogP contribution in [0.25, 0.3) is 0 Å². The Morgan fingerprint density at radius 2 is 2.06 bits per heavy atom. The standard InChI is InChI=1S/C11H17N5/c1-4-10-8(3)15-16-11(10)12-5-9-6-13-14-7(9)2/h6H,4-5H2,1-3H3,(H,13,14)(H2,12,15,16). The molecule has 2 heterocycles. The quantitative estimate of drug-likeness (QED) is 0.735. The molecule has 2 rings (SSSR count). The van der Waals surface area contributed by atoms with Crippen molar-refractivity contribution in [2.24, 2.45) is 0 Å². The Morgan fingerprint density at radius 1 is 1.25 bits per heavy atom. The summed E-state index contributed by atoms with van der Waals surface area (Å²) >= 11 is 0. The number of H-pyrrole nitrogens is 2. The number of anilines is 1. The molecule has 0 atom stereocenters. The lowest BCUT2D eigenvalue weighted by Gasteiger charge is -2.04. The molecule has 0 spiro atoms. The van der Waals surface area contributed by atoms with Crippen molar-refractivity contribution in [3.05, 3.63) is 28.7 Å². The highest BCUT2D eigenvalue weighted by Gasteiger charge is 2.08. The first kappa shape index (κ1) is 10.7. The van der Waals surface area contributed by atoms with E-state index in [4.69, 9.17) is 0 Å². The molecule has 0 aliphatic carbocycles. The summed E-state index contributed by atoms with van der Waals surface area (Å²) in [5.74, 6) is 0.945. The van der Waals surface area contributed by atoms with Crippen LogP contribution in [0.2, 0.25) is 0 Å². The van der Waals surface area contributed by atoms with Crippen LogP contribution in [-0.2, 0) is 13.0 Å². The highest BCUT2D eigenvalue weighted by atomic mass is 15.2. The lowest BCUT2D eigenvalue weighted by atomic mass is 10.2. The molecule has 0 fully saturated rings. The number of hydrogen-bond donors (Lipinski definition) is 3. The number of rotatable bonds is 4. The Kier molecular flexibility index (Phi) is 2.94. The van der Waals surface area contributed by atoms with Gasteiger partial charge in [0.05, 0.1) is 6.20 Å². The zero-order chi connectivity index (χ0) is 11.5. The average Bonchev–Trinajstić information content (AvgIpc) is 2.82. The Balaban J connectivity index is 2.07.